The molecule has 0 aliphatic rings. The molecule has 0 aromatic heterocycles. The van der Waals surface area contributed by atoms with E-state index in [9.17, 15) is 18.4 Å². The second-order valence-corrected chi connectivity index (χ2v) is 6.11. The van der Waals surface area contributed by atoms with Crippen molar-refractivity contribution in [3.8, 4) is 0 Å². The minimum Gasteiger partial charge on any atom is -0.332 e. The summed E-state index contributed by atoms with van der Waals surface area (Å²) in [5, 5.41) is 2.77. The number of hydrogen-bond donors (Lipinski definition) is 1. The van der Waals surface area contributed by atoms with Gasteiger partial charge in [0.15, 0.2) is 0 Å². The molecule has 0 saturated carbocycles. The van der Waals surface area contributed by atoms with Gasteiger partial charge in [-0.2, -0.15) is 0 Å². The fraction of sp³-hybridized carbons (Fsp3) is 0.263. The monoisotopic (exact) mass is 346 g/mol. The zero-order valence-electron chi connectivity index (χ0n) is 14.6. The zero-order chi connectivity index (χ0) is 18.7. The Kier molecular flexibility index (Phi) is 5.51. The molecule has 2 aromatic rings. The van der Waals surface area contributed by atoms with Gasteiger partial charge in [-0.15, -0.1) is 0 Å². The molecule has 2 rings (SSSR count). The summed E-state index contributed by atoms with van der Waals surface area (Å²) < 4.78 is 26.9. The average molecular weight is 346 g/mol. The first-order valence-electron chi connectivity index (χ1n) is 7.77. The first kappa shape index (κ1) is 18.6. The highest BCUT2D eigenvalue weighted by Crippen LogP contribution is 2.22. The van der Waals surface area contributed by atoms with Gasteiger partial charge in [0.2, 0.25) is 5.91 Å². The van der Waals surface area contributed by atoms with Crippen LogP contribution in [0.1, 0.15) is 27.0 Å². The number of likely N-dealkylation sites (N-methyl/N-ethyl adjacent to an activating group) is 1. The molecule has 0 atom stereocenters. The molecule has 0 unspecified atom stereocenters. The maximum Gasteiger partial charge on any atom is 0.257 e. The number of nitrogens with zero attached hydrogens (tertiary/aromatic N) is 1. The molecule has 2 aromatic carbocycles. The van der Waals surface area contributed by atoms with Crippen LogP contribution in [0.25, 0.3) is 0 Å². The minimum atomic E-state index is -0.830. The molecule has 4 nitrogen and oxygen atoms in total. The highest BCUT2D eigenvalue weighted by Gasteiger charge is 2.19. The Morgan fingerprint density at radius 3 is 2.24 bits per heavy atom. The number of carbonyl (C=O) groups is 2. The fourth-order valence-corrected chi connectivity index (χ4v) is 2.71. The van der Waals surface area contributed by atoms with Gasteiger partial charge in [-0.1, -0.05) is 17.7 Å². The lowest BCUT2D eigenvalue weighted by Gasteiger charge is -2.19. The van der Waals surface area contributed by atoms with Crippen LogP contribution in [0, 0.1) is 32.4 Å². The highest BCUT2D eigenvalue weighted by molar-refractivity contribution is 5.99. The Bertz CT molecular complexity index is 811. The molecule has 1 N–H and O–H groups in total. The molecule has 0 radical (unpaired) electrons. The number of aryl methyl sites for hydroxylation is 3. The molecule has 2 amide bonds. The molecular formula is C19H20F2N2O2. The number of anilines is 1. The van der Waals surface area contributed by atoms with Gasteiger partial charge in [0, 0.05) is 12.7 Å². The van der Waals surface area contributed by atoms with Gasteiger partial charge in [-0.3, -0.25) is 9.59 Å². The number of nitrogens with one attached hydrogen (secondary N) is 1. The normalized spacial score (nSPS) is 10.5. The predicted molar refractivity (Wildman–Crippen MR) is 92.6 cm³/mol. The molecule has 0 aliphatic carbocycles. The van der Waals surface area contributed by atoms with Crippen molar-refractivity contribution in [2.45, 2.75) is 20.8 Å². The van der Waals surface area contributed by atoms with E-state index in [0.717, 1.165) is 39.8 Å². The average Bonchev–Trinajstić information content (AvgIpc) is 2.52. The van der Waals surface area contributed by atoms with Crippen LogP contribution in [-0.4, -0.2) is 30.3 Å². The summed E-state index contributed by atoms with van der Waals surface area (Å²) in [5.41, 5.74) is 3.19. The van der Waals surface area contributed by atoms with E-state index in [-0.39, 0.29) is 6.54 Å². The topological polar surface area (TPSA) is 49.4 Å². The Labute approximate surface area is 145 Å². The SMILES string of the molecule is Cc1cc(C)c(NC(=O)CN(C)C(=O)c2cc(F)ccc2F)c(C)c1. The largest absolute Gasteiger partial charge is 0.332 e. The molecule has 0 fully saturated rings. The Hall–Kier alpha value is -2.76. The van der Waals surface area contributed by atoms with Crippen molar-refractivity contribution in [2.24, 2.45) is 0 Å². The van der Waals surface area contributed by atoms with E-state index in [2.05, 4.69) is 5.32 Å². The second kappa shape index (κ2) is 7.42. The van der Waals surface area contributed by atoms with Crippen LogP contribution in [0.5, 0.6) is 0 Å². The summed E-state index contributed by atoms with van der Waals surface area (Å²) >= 11 is 0. The van der Waals surface area contributed by atoms with Crippen LogP contribution in [-0.2, 0) is 4.79 Å². The standard InChI is InChI=1S/C19H20F2N2O2/c1-11-7-12(2)18(13(3)8-11)22-17(24)10-23(4)19(25)15-9-14(20)5-6-16(15)21/h5-9H,10H2,1-4H3,(H,22,24). The van der Waals surface area contributed by atoms with Gasteiger partial charge in [0.25, 0.3) is 5.91 Å². The minimum absolute atomic E-state index is 0.276. The van der Waals surface area contributed by atoms with Gasteiger partial charge in [0.1, 0.15) is 11.6 Å². The number of benzene rings is 2. The lowest BCUT2D eigenvalue weighted by molar-refractivity contribution is -0.116. The van der Waals surface area contributed by atoms with E-state index in [4.69, 9.17) is 0 Å². The quantitative estimate of drug-likeness (QED) is 0.920. The molecule has 0 spiro atoms. The van der Waals surface area contributed by atoms with E-state index >= 15 is 0 Å². The van der Waals surface area contributed by atoms with E-state index < -0.39 is 29.0 Å². The first-order valence-corrected chi connectivity index (χ1v) is 7.77. The van der Waals surface area contributed by atoms with Crippen molar-refractivity contribution < 1.29 is 18.4 Å². The van der Waals surface area contributed by atoms with Crippen LogP contribution in [0.3, 0.4) is 0 Å². The summed E-state index contributed by atoms with van der Waals surface area (Å²) in [6.07, 6.45) is 0. The fourth-order valence-electron chi connectivity index (χ4n) is 2.71. The molecule has 0 bridgehead atoms. The van der Waals surface area contributed by atoms with Crippen molar-refractivity contribution in [1.29, 1.82) is 0 Å². The molecule has 0 saturated heterocycles. The third-order valence-corrected chi connectivity index (χ3v) is 3.83. The predicted octanol–water partition coefficient (Wildman–Crippen LogP) is 3.60. The summed E-state index contributed by atoms with van der Waals surface area (Å²) in [6.45, 7) is 5.45. The first-order chi connectivity index (χ1) is 11.7. The number of rotatable bonds is 4. The lowest BCUT2D eigenvalue weighted by Crippen LogP contribution is -2.35. The van der Waals surface area contributed by atoms with Crippen molar-refractivity contribution in [3.63, 3.8) is 0 Å². The Balaban J connectivity index is 2.10. The molecular weight excluding hydrogens is 326 g/mol. The van der Waals surface area contributed by atoms with E-state index in [1.165, 1.54) is 7.05 Å². The number of hydrogen-bond acceptors (Lipinski definition) is 2. The Morgan fingerprint density at radius 2 is 1.64 bits per heavy atom. The van der Waals surface area contributed by atoms with Gasteiger partial charge < -0.3 is 10.2 Å². The van der Waals surface area contributed by atoms with Crippen LogP contribution in [0.2, 0.25) is 0 Å². The maximum absolute atomic E-state index is 13.7. The maximum atomic E-state index is 13.7. The van der Waals surface area contributed by atoms with Crippen LogP contribution >= 0.6 is 0 Å². The van der Waals surface area contributed by atoms with Crippen molar-refractivity contribution in [3.05, 3.63) is 64.2 Å². The van der Waals surface area contributed by atoms with E-state index in [1.54, 1.807) is 0 Å². The number of amides is 2. The third-order valence-electron chi connectivity index (χ3n) is 3.83. The zero-order valence-corrected chi connectivity index (χ0v) is 14.6. The molecule has 0 aliphatic heterocycles. The highest BCUT2D eigenvalue weighted by atomic mass is 19.1. The Morgan fingerprint density at radius 1 is 1.04 bits per heavy atom. The lowest BCUT2D eigenvalue weighted by atomic mass is 10.1. The van der Waals surface area contributed by atoms with Gasteiger partial charge >= 0.3 is 0 Å². The van der Waals surface area contributed by atoms with Gasteiger partial charge in [-0.25, -0.2) is 8.78 Å². The van der Waals surface area contributed by atoms with Crippen molar-refractivity contribution in [2.75, 3.05) is 18.9 Å². The van der Waals surface area contributed by atoms with E-state index in [1.807, 2.05) is 32.9 Å². The number of halogens is 2. The van der Waals surface area contributed by atoms with Gasteiger partial charge in [-0.05, 0) is 50.1 Å². The van der Waals surface area contributed by atoms with Crippen molar-refractivity contribution >= 4 is 17.5 Å². The van der Waals surface area contributed by atoms with Crippen molar-refractivity contribution in [1.82, 2.24) is 4.90 Å². The molecule has 25 heavy (non-hydrogen) atoms. The number of carbonyl (C=O) groups excluding carboxylic acids is 2. The van der Waals surface area contributed by atoms with Crippen LogP contribution < -0.4 is 5.32 Å². The molecule has 0 heterocycles. The van der Waals surface area contributed by atoms with Gasteiger partial charge in [0.05, 0.1) is 12.1 Å². The smallest absolute Gasteiger partial charge is 0.257 e. The van der Waals surface area contributed by atoms with Crippen LogP contribution in [0.15, 0.2) is 30.3 Å². The van der Waals surface area contributed by atoms with Crippen LogP contribution in [0.4, 0.5) is 14.5 Å². The summed E-state index contributed by atoms with van der Waals surface area (Å²) in [6, 6.07) is 6.52. The molecule has 132 valence electrons. The summed E-state index contributed by atoms with van der Waals surface area (Å²) in [4.78, 5) is 25.5. The molecule has 6 heteroatoms. The van der Waals surface area contributed by atoms with E-state index in [0.29, 0.717) is 5.69 Å². The summed E-state index contributed by atoms with van der Waals surface area (Å²) in [7, 11) is 1.36. The third kappa shape index (κ3) is 4.41. The summed E-state index contributed by atoms with van der Waals surface area (Å²) in [5.74, 6) is -2.72. The second-order valence-electron chi connectivity index (χ2n) is 6.11.